The molecule has 1 N–H and O–H groups in total. The summed E-state index contributed by atoms with van der Waals surface area (Å²) in [5, 5.41) is 6.65. The number of esters is 1. The van der Waals surface area contributed by atoms with Crippen molar-refractivity contribution in [2.45, 2.75) is 83.2 Å². The number of hydroxylamine groups is 1. The molecule has 0 spiro atoms. The Morgan fingerprint density at radius 2 is 2.00 bits per heavy atom. The number of fused-ring (bicyclic) bond motifs is 2. The van der Waals surface area contributed by atoms with Gasteiger partial charge in [-0.2, -0.15) is 0 Å². The van der Waals surface area contributed by atoms with Gasteiger partial charge in [0.05, 0.1) is 29.7 Å². The van der Waals surface area contributed by atoms with E-state index in [4.69, 9.17) is 19.1 Å². The van der Waals surface area contributed by atoms with Crippen LogP contribution in [0.25, 0.3) is 0 Å². The number of oxime groups is 1. The normalized spacial score (nSPS) is 29.6. The van der Waals surface area contributed by atoms with Crippen LogP contribution in [0.3, 0.4) is 0 Å². The quantitative estimate of drug-likeness (QED) is 0.359. The predicted octanol–water partition coefficient (Wildman–Crippen LogP) is 2.23. The van der Waals surface area contributed by atoms with Crippen LogP contribution in [-0.2, 0) is 33.5 Å². The summed E-state index contributed by atoms with van der Waals surface area (Å²) >= 11 is 1.36. The topological polar surface area (TPSA) is 125 Å². The average Bonchev–Trinajstić information content (AvgIpc) is 3.42. The van der Waals surface area contributed by atoms with Crippen molar-refractivity contribution in [2.75, 3.05) is 6.61 Å². The zero-order valence-electron chi connectivity index (χ0n) is 19.2. The van der Waals surface area contributed by atoms with E-state index in [1.807, 2.05) is 6.92 Å². The van der Waals surface area contributed by atoms with Gasteiger partial charge < -0.3 is 14.3 Å². The van der Waals surface area contributed by atoms with Crippen LogP contribution in [0.4, 0.5) is 0 Å². The van der Waals surface area contributed by atoms with Gasteiger partial charge in [-0.25, -0.2) is 15.3 Å². The fourth-order valence-corrected chi connectivity index (χ4v) is 4.84. The Labute approximate surface area is 195 Å². The molecule has 1 amide bonds. The molecule has 33 heavy (non-hydrogen) atoms. The fraction of sp³-hybridized carbons (Fsp3) is 0.682. The highest BCUT2D eigenvalue weighted by molar-refractivity contribution is 7.09. The lowest BCUT2D eigenvalue weighted by Gasteiger charge is -2.38. The summed E-state index contributed by atoms with van der Waals surface area (Å²) < 4.78 is 11.6. The third kappa shape index (κ3) is 5.42. The Morgan fingerprint density at radius 1 is 1.30 bits per heavy atom. The molecule has 0 radical (unpaired) electrons. The molecule has 3 aliphatic heterocycles. The van der Waals surface area contributed by atoms with Crippen molar-refractivity contribution in [3.05, 3.63) is 16.1 Å². The number of aromatic nitrogens is 1. The van der Waals surface area contributed by atoms with Gasteiger partial charge in [0.2, 0.25) is 11.5 Å². The second-order valence-corrected chi connectivity index (χ2v) is 10.8. The summed E-state index contributed by atoms with van der Waals surface area (Å²) in [6, 6.07) is 0. The summed E-state index contributed by atoms with van der Waals surface area (Å²) in [6.45, 7) is 7.28. The molecule has 3 aliphatic rings. The van der Waals surface area contributed by atoms with Crippen molar-refractivity contribution in [3.63, 3.8) is 0 Å². The van der Waals surface area contributed by atoms with Gasteiger partial charge in [0.25, 0.3) is 0 Å². The Balaban J connectivity index is 1.63. The number of ether oxygens (including phenoxy) is 2. The first-order valence-corrected chi connectivity index (χ1v) is 11.9. The van der Waals surface area contributed by atoms with Crippen molar-refractivity contribution in [1.29, 1.82) is 0 Å². The number of thiazole rings is 1. The molecule has 2 unspecified atom stereocenters. The van der Waals surface area contributed by atoms with Crippen molar-refractivity contribution in [2.24, 2.45) is 11.1 Å². The zero-order chi connectivity index (χ0) is 23.8. The maximum Gasteiger partial charge on any atom is 0.354 e. The standard InChI is InChI=1S/C22H29N3O7S/c1-12-23-16(11-33-12)18(17(26)7-13-10-29-25-19(13)27)24-32-22(20(28)31-21(2,3)4)8-14-5-6-15(9-22)30-14/h11,13-15H,5-10H2,1-4H3,(H,25,27)/b24-18-/t13-,14?,15?,22?/m0/s1. The number of carbonyl (C=O) groups is 3. The number of nitrogens with zero attached hydrogens (tertiary/aromatic N) is 2. The Hall–Kier alpha value is -2.37. The lowest BCUT2D eigenvalue weighted by Crippen LogP contribution is -2.51. The van der Waals surface area contributed by atoms with Crippen molar-refractivity contribution in [3.8, 4) is 0 Å². The van der Waals surface area contributed by atoms with E-state index < -0.39 is 28.9 Å². The number of amides is 1. The highest BCUT2D eigenvalue weighted by Gasteiger charge is 2.54. The number of hydrogen-bond donors (Lipinski definition) is 1. The molecule has 4 rings (SSSR count). The van der Waals surface area contributed by atoms with Crippen LogP contribution in [0.15, 0.2) is 10.5 Å². The van der Waals surface area contributed by atoms with E-state index in [-0.39, 0.29) is 36.9 Å². The Bertz CT molecular complexity index is 955. The largest absolute Gasteiger partial charge is 0.457 e. The number of Topliss-reactive ketones (excluding diaryl/α,β-unsaturated/α-hetero) is 1. The molecule has 3 atom stereocenters. The van der Waals surface area contributed by atoms with Gasteiger partial charge in [-0.3, -0.25) is 14.4 Å². The molecule has 180 valence electrons. The summed E-state index contributed by atoms with van der Waals surface area (Å²) in [7, 11) is 0. The first-order valence-electron chi connectivity index (χ1n) is 11.1. The van der Waals surface area contributed by atoms with E-state index in [9.17, 15) is 14.4 Å². The lowest BCUT2D eigenvalue weighted by molar-refractivity contribution is -0.203. The maximum absolute atomic E-state index is 13.3. The summed E-state index contributed by atoms with van der Waals surface area (Å²) in [5.41, 5.74) is 0.494. The SMILES string of the molecule is Cc1nc(/C(=N/OC2(C(=O)OC(C)(C)C)CC3CCC(C2)O3)C(=O)C[C@H]2CONC2=O)cs1. The fourth-order valence-electron chi connectivity index (χ4n) is 4.24. The van der Waals surface area contributed by atoms with E-state index in [1.54, 1.807) is 26.2 Å². The van der Waals surface area contributed by atoms with Crippen LogP contribution in [0.5, 0.6) is 0 Å². The molecule has 0 aromatic carbocycles. The van der Waals surface area contributed by atoms with Crippen LogP contribution in [0, 0.1) is 12.8 Å². The minimum absolute atomic E-state index is 0.0270. The summed E-state index contributed by atoms with van der Waals surface area (Å²) in [4.78, 5) is 53.5. The van der Waals surface area contributed by atoms with E-state index in [1.165, 1.54) is 11.3 Å². The van der Waals surface area contributed by atoms with Crippen LogP contribution >= 0.6 is 11.3 Å². The Kier molecular flexibility index (Phi) is 6.56. The van der Waals surface area contributed by atoms with Gasteiger partial charge in [-0.1, -0.05) is 5.16 Å². The van der Waals surface area contributed by atoms with Gasteiger partial charge in [0.1, 0.15) is 11.3 Å². The molecule has 3 fully saturated rings. The number of hydrogen-bond acceptors (Lipinski definition) is 10. The minimum Gasteiger partial charge on any atom is -0.457 e. The number of nitrogens with one attached hydrogen (secondary N) is 1. The molecule has 2 bridgehead atoms. The van der Waals surface area contributed by atoms with Gasteiger partial charge >= 0.3 is 5.97 Å². The average molecular weight is 480 g/mol. The number of aryl methyl sites for hydroxylation is 1. The van der Waals surface area contributed by atoms with E-state index in [0.717, 1.165) is 17.8 Å². The van der Waals surface area contributed by atoms with Gasteiger partial charge in [-0.05, 0) is 40.5 Å². The molecular weight excluding hydrogens is 450 g/mol. The van der Waals surface area contributed by atoms with Crippen LogP contribution in [0.2, 0.25) is 0 Å². The number of carbonyl (C=O) groups excluding carboxylic acids is 3. The van der Waals surface area contributed by atoms with Crippen molar-refractivity contribution >= 4 is 34.7 Å². The van der Waals surface area contributed by atoms with Crippen LogP contribution in [0.1, 0.15) is 63.6 Å². The van der Waals surface area contributed by atoms with Crippen LogP contribution < -0.4 is 5.48 Å². The van der Waals surface area contributed by atoms with Gasteiger partial charge in [0, 0.05) is 24.6 Å². The third-order valence-corrected chi connectivity index (χ3v) is 6.55. The molecule has 3 saturated heterocycles. The Morgan fingerprint density at radius 3 is 2.55 bits per heavy atom. The monoisotopic (exact) mass is 479 g/mol. The minimum atomic E-state index is -1.36. The van der Waals surface area contributed by atoms with Crippen molar-refractivity contribution < 1.29 is 33.5 Å². The second kappa shape index (κ2) is 9.11. The lowest BCUT2D eigenvalue weighted by atomic mass is 9.90. The molecular formula is C22H29N3O7S. The highest BCUT2D eigenvalue weighted by atomic mass is 32.1. The molecule has 1 aromatic rings. The van der Waals surface area contributed by atoms with Crippen molar-refractivity contribution in [1.82, 2.24) is 10.5 Å². The van der Waals surface area contributed by atoms with Gasteiger partial charge in [-0.15, -0.1) is 11.3 Å². The first kappa shape index (κ1) is 23.8. The van der Waals surface area contributed by atoms with Crippen LogP contribution in [-0.4, -0.2) is 58.4 Å². The molecule has 10 nitrogen and oxygen atoms in total. The molecule has 1 aromatic heterocycles. The third-order valence-electron chi connectivity index (χ3n) is 5.78. The first-order chi connectivity index (χ1) is 15.5. The van der Waals surface area contributed by atoms with E-state index >= 15 is 0 Å². The van der Waals surface area contributed by atoms with Gasteiger partial charge in [0.15, 0.2) is 11.5 Å². The number of ketones is 1. The second-order valence-electron chi connectivity index (χ2n) is 9.75. The summed E-state index contributed by atoms with van der Waals surface area (Å²) in [5.74, 6) is -1.92. The maximum atomic E-state index is 13.3. The predicted molar refractivity (Wildman–Crippen MR) is 117 cm³/mol. The molecule has 11 heteroatoms. The van der Waals surface area contributed by atoms with E-state index in [0.29, 0.717) is 18.5 Å². The summed E-state index contributed by atoms with van der Waals surface area (Å²) in [6.07, 6.45) is 1.86. The molecule has 0 aliphatic carbocycles. The zero-order valence-corrected chi connectivity index (χ0v) is 20.0. The number of rotatable bonds is 7. The highest BCUT2D eigenvalue weighted by Crippen LogP contribution is 2.42. The smallest absolute Gasteiger partial charge is 0.354 e. The molecule has 0 saturated carbocycles. The molecule has 4 heterocycles. The van der Waals surface area contributed by atoms with E-state index in [2.05, 4.69) is 15.6 Å².